The van der Waals surface area contributed by atoms with Crippen molar-refractivity contribution in [3.05, 3.63) is 120 Å². The Morgan fingerprint density at radius 2 is 1.63 bits per heavy atom. The molecule has 12 nitrogen and oxygen atoms in total. The predicted octanol–water partition coefficient (Wildman–Crippen LogP) is 5.72. The summed E-state index contributed by atoms with van der Waals surface area (Å²) in [4.78, 5) is 64.5. The number of furan rings is 1. The largest absolute Gasteiger partial charge is 0.494 e. The van der Waals surface area contributed by atoms with Crippen LogP contribution in [0.1, 0.15) is 48.4 Å². The lowest BCUT2D eigenvalue weighted by Gasteiger charge is -2.32. The van der Waals surface area contributed by atoms with E-state index in [4.69, 9.17) is 14.0 Å². The lowest BCUT2D eigenvalue weighted by molar-refractivity contribution is -0.200. The Morgan fingerprint density at radius 1 is 0.885 bits per heavy atom. The molecular formula is C39H42N3O9P. The average Bonchev–Trinajstić information content (AvgIpc) is 3.65. The molecule has 1 heterocycles. The van der Waals surface area contributed by atoms with Gasteiger partial charge in [-0.15, -0.1) is 0 Å². The number of nitrogens with zero attached hydrogens (tertiary/aromatic N) is 1. The summed E-state index contributed by atoms with van der Waals surface area (Å²) in [7, 11) is -4.60. The van der Waals surface area contributed by atoms with Gasteiger partial charge in [0, 0.05) is 5.56 Å². The number of nitrogens with one attached hydrogen (secondary N) is 2. The summed E-state index contributed by atoms with van der Waals surface area (Å²) in [6.45, 7) is 3.81. The number of aryl methyl sites for hydroxylation is 1. The van der Waals surface area contributed by atoms with Gasteiger partial charge in [0.25, 0.3) is 5.91 Å². The van der Waals surface area contributed by atoms with E-state index in [1.807, 2.05) is 73.7 Å². The lowest BCUT2D eigenvalue weighted by atomic mass is 9.89. The zero-order valence-electron chi connectivity index (χ0n) is 28.9. The van der Waals surface area contributed by atoms with Gasteiger partial charge >= 0.3 is 7.60 Å². The Kier molecular flexibility index (Phi) is 13.0. The molecule has 5 aromatic rings. The summed E-state index contributed by atoms with van der Waals surface area (Å²) in [6, 6.07) is 30.0. The number of hydrogen-bond acceptors (Lipinski definition) is 7. The highest BCUT2D eigenvalue weighted by atomic mass is 31.2. The molecule has 0 aliphatic rings. The van der Waals surface area contributed by atoms with Gasteiger partial charge in [-0.1, -0.05) is 79.7 Å². The number of ether oxygens (including phenoxy) is 1. The van der Waals surface area contributed by atoms with Crippen LogP contribution in [0.2, 0.25) is 0 Å². The van der Waals surface area contributed by atoms with Crippen molar-refractivity contribution in [3.8, 4) is 17.1 Å². The van der Waals surface area contributed by atoms with Gasteiger partial charge in [-0.05, 0) is 78.4 Å². The molecule has 0 spiro atoms. The van der Waals surface area contributed by atoms with Crippen LogP contribution in [0.5, 0.6) is 5.75 Å². The predicted molar refractivity (Wildman–Crippen MR) is 196 cm³/mol. The third kappa shape index (κ3) is 9.95. The standard InChI is InChI=1S/C39H42N3O9P/c1-3-35(42(26-43)50-24-28-10-6-5-7-11-28)34(17-15-27-14-16-29-12-8-9-13-30(29)20-27)38(44)40-25-41-39(45)37-19-18-36(51-37)31-21-32(49-4-2)23-33(22-31)52(46,47)48/h5-14,16,18-23,26,34-35H,3-4,15,17,24-25H2,1-2H3,(H,40,44)(H,41,45)(H2,46,47,48)/t34-,35-/m1/s1. The molecule has 1 aromatic heterocycles. The smallest absolute Gasteiger partial charge is 0.356 e. The van der Waals surface area contributed by atoms with E-state index in [9.17, 15) is 28.7 Å². The average molecular weight is 728 g/mol. The zero-order chi connectivity index (χ0) is 37.1. The maximum atomic E-state index is 13.8. The van der Waals surface area contributed by atoms with Crippen LogP contribution in [0.4, 0.5) is 0 Å². The van der Waals surface area contributed by atoms with Crippen molar-refractivity contribution in [1.29, 1.82) is 0 Å². The number of fused-ring (bicyclic) bond motifs is 1. The minimum atomic E-state index is -4.60. The third-order valence-electron chi connectivity index (χ3n) is 8.60. The van der Waals surface area contributed by atoms with Gasteiger partial charge in [0.15, 0.2) is 5.76 Å². The number of amides is 3. The minimum Gasteiger partial charge on any atom is -0.494 e. The Balaban J connectivity index is 1.28. The molecule has 3 amide bonds. The first kappa shape index (κ1) is 38.0. The zero-order valence-corrected chi connectivity index (χ0v) is 29.8. The molecule has 52 heavy (non-hydrogen) atoms. The molecular weight excluding hydrogens is 685 g/mol. The Bertz CT molecular complexity index is 2030. The van der Waals surface area contributed by atoms with E-state index in [2.05, 4.69) is 16.7 Å². The van der Waals surface area contributed by atoms with Crippen LogP contribution in [0, 0.1) is 5.92 Å². The summed E-state index contributed by atoms with van der Waals surface area (Å²) in [6.07, 6.45) is 1.98. The second kappa shape index (κ2) is 17.8. The van der Waals surface area contributed by atoms with Crippen molar-refractivity contribution >= 4 is 41.9 Å². The number of carbonyl (C=O) groups excluding carboxylic acids is 3. The maximum Gasteiger partial charge on any atom is 0.356 e. The van der Waals surface area contributed by atoms with Gasteiger partial charge in [0.1, 0.15) is 18.1 Å². The van der Waals surface area contributed by atoms with Crippen LogP contribution in [0.25, 0.3) is 22.1 Å². The van der Waals surface area contributed by atoms with Crippen molar-refractivity contribution in [3.63, 3.8) is 0 Å². The SMILES string of the molecule is CCOc1cc(-c2ccc(C(=O)NCNC(=O)[C@H](CCc3ccc4ccccc4c3)[C@@H](CC)N(C=O)OCc3ccccc3)o2)cc(P(=O)(O)O)c1. The molecule has 0 unspecified atom stereocenters. The number of benzene rings is 4. The maximum absolute atomic E-state index is 13.8. The summed E-state index contributed by atoms with van der Waals surface area (Å²) < 4.78 is 23.1. The van der Waals surface area contributed by atoms with Gasteiger partial charge in [-0.2, -0.15) is 0 Å². The number of rotatable bonds is 18. The normalized spacial score (nSPS) is 12.5. The van der Waals surface area contributed by atoms with Gasteiger partial charge in [-0.3, -0.25) is 23.8 Å². The molecule has 4 aromatic carbocycles. The number of hydroxylamine groups is 2. The van der Waals surface area contributed by atoms with Crippen LogP contribution < -0.4 is 20.7 Å². The summed E-state index contributed by atoms with van der Waals surface area (Å²) in [5.74, 6) is -1.34. The fourth-order valence-electron chi connectivity index (χ4n) is 5.97. The first-order valence-corrected chi connectivity index (χ1v) is 18.6. The van der Waals surface area contributed by atoms with E-state index in [1.165, 1.54) is 29.3 Å². The Morgan fingerprint density at radius 3 is 2.35 bits per heavy atom. The van der Waals surface area contributed by atoms with Gasteiger partial charge in [0.2, 0.25) is 12.3 Å². The van der Waals surface area contributed by atoms with Crippen molar-refractivity contribution in [2.24, 2.45) is 5.92 Å². The molecule has 2 atom stereocenters. The van der Waals surface area contributed by atoms with Crippen LogP contribution in [-0.2, 0) is 32.0 Å². The number of carbonyl (C=O) groups is 3. The van der Waals surface area contributed by atoms with E-state index in [1.54, 1.807) is 13.0 Å². The minimum absolute atomic E-state index is 0.0791. The van der Waals surface area contributed by atoms with E-state index in [-0.39, 0.29) is 48.4 Å². The lowest BCUT2D eigenvalue weighted by Crippen LogP contribution is -2.48. The fraction of sp³-hybridized carbons (Fsp3) is 0.256. The fourth-order valence-corrected chi connectivity index (χ4v) is 6.58. The van der Waals surface area contributed by atoms with Crippen molar-refractivity contribution in [2.45, 2.75) is 45.8 Å². The topological polar surface area (TPSA) is 168 Å². The molecule has 0 aliphatic carbocycles. The molecule has 0 bridgehead atoms. The van der Waals surface area contributed by atoms with E-state index in [0.717, 1.165) is 21.9 Å². The van der Waals surface area contributed by atoms with Crippen molar-refractivity contribution < 1.29 is 42.7 Å². The highest BCUT2D eigenvalue weighted by Gasteiger charge is 2.32. The number of hydrogen-bond donors (Lipinski definition) is 4. The molecule has 0 saturated carbocycles. The van der Waals surface area contributed by atoms with Crippen LogP contribution in [0.15, 0.2) is 108 Å². The molecule has 13 heteroatoms. The van der Waals surface area contributed by atoms with Crippen LogP contribution in [0.3, 0.4) is 0 Å². The molecule has 5 rings (SSSR count). The Labute approximate surface area is 301 Å². The first-order valence-electron chi connectivity index (χ1n) is 17.0. The monoisotopic (exact) mass is 727 g/mol. The summed E-state index contributed by atoms with van der Waals surface area (Å²) >= 11 is 0. The second-order valence-corrected chi connectivity index (χ2v) is 13.7. The quantitative estimate of drug-likeness (QED) is 0.0382. The first-order chi connectivity index (χ1) is 25.1. The van der Waals surface area contributed by atoms with Crippen LogP contribution in [-0.4, -0.2) is 52.4 Å². The highest BCUT2D eigenvalue weighted by Crippen LogP contribution is 2.37. The highest BCUT2D eigenvalue weighted by molar-refractivity contribution is 7.60. The Hall–Kier alpha value is -5.26. The van der Waals surface area contributed by atoms with Crippen molar-refractivity contribution in [1.82, 2.24) is 15.7 Å². The van der Waals surface area contributed by atoms with Gasteiger partial charge in [-0.25, -0.2) is 5.06 Å². The summed E-state index contributed by atoms with van der Waals surface area (Å²) in [5, 5.41) is 8.57. The molecule has 0 aliphatic heterocycles. The molecule has 0 radical (unpaired) electrons. The molecule has 4 N–H and O–H groups in total. The van der Waals surface area contributed by atoms with Gasteiger partial charge < -0.3 is 29.6 Å². The second-order valence-electron chi connectivity index (χ2n) is 12.1. The molecule has 0 saturated heterocycles. The van der Waals surface area contributed by atoms with Gasteiger partial charge in [0.05, 0.1) is 30.5 Å². The summed E-state index contributed by atoms with van der Waals surface area (Å²) in [5.41, 5.74) is 2.22. The molecule has 0 fully saturated rings. The van der Waals surface area contributed by atoms with E-state index >= 15 is 0 Å². The molecule has 272 valence electrons. The van der Waals surface area contributed by atoms with E-state index < -0.39 is 25.5 Å². The van der Waals surface area contributed by atoms with Crippen molar-refractivity contribution in [2.75, 3.05) is 13.3 Å². The van der Waals surface area contributed by atoms with Crippen LogP contribution >= 0.6 is 7.60 Å². The third-order valence-corrected chi connectivity index (χ3v) is 9.53. The van der Waals surface area contributed by atoms with E-state index in [0.29, 0.717) is 31.2 Å².